The smallest absolute Gasteiger partial charge is 0.306 e. The zero-order valence-corrected chi connectivity index (χ0v) is 10.3. The van der Waals surface area contributed by atoms with Gasteiger partial charge in [-0.2, -0.15) is 0 Å². The standard InChI is InChI=1S/C10H15IO2/c1-9(2)13-10(12)7-5-3-4-6-8-11/h9H,3,5,7-8H2,1-2H3. The Morgan fingerprint density at radius 1 is 1.46 bits per heavy atom. The molecular formula is C10H15IO2. The summed E-state index contributed by atoms with van der Waals surface area (Å²) in [5.74, 6) is 5.81. The first kappa shape index (κ1) is 12.8. The first-order chi connectivity index (χ1) is 6.16. The van der Waals surface area contributed by atoms with Crippen LogP contribution in [0.15, 0.2) is 0 Å². The van der Waals surface area contributed by atoms with E-state index in [1.165, 1.54) is 0 Å². The van der Waals surface area contributed by atoms with Gasteiger partial charge in [0.2, 0.25) is 0 Å². The minimum absolute atomic E-state index is 0.00655. The van der Waals surface area contributed by atoms with Crippen LogP contribution in [-0.2, 0) is 9.53 Å². The quantitative estimate of drug-likeness (QED) is 0.262. The lowest BCUT2D eigenvalue weighted by Crippen LogP contribution is -2.10. The molecule has 0 aromatic heterocycles. The van der Waals surface area contributed by atoms with E-state index in [0.717, 1.165) is 17.3 Å². The molecule has 0 radical (unpaired) electrons. The first-order valence-corrected chi connectivity index (χ1v) is 5.90. The van der Waals surface area contributed by atoms with Gasteiger partial charge in [0.15, 0.2) is 0 Å². The van der Waals surface area contributed by atoms with Crippen LogP contribution in [0.25, 0.3) is 0 Å². The second-order valence-electron chi connectivity index (χ2n) is 2.88. The molecule has 13 heavy (non-hydrogen) atoms. The second-order valence-corrected chi connectivity index (χ2v) is 3.64. The van der Waals surface area contributed by atoms with Gasteiger partial charge in [0.1, 0.15) is 0 Å². The molecule has 0 heterocycles. The molecule has 0 spiro atoms. The van der Waals surface area contributed by atoms with E-state index >= 15 is 0 Å². The number of unbranched alkanes of at least 4 members (excludes halogenated alkanes) is 1. The summed E-state index contributed by atoms with van der Waals surface area (Å²) in [6.45, 7) is 3.71. The van der Waals surface area contributed by atoms with Gasteiger partial charge < -0.3 is 4.74 Å². The molecule has 0 aliphatic rings. The van der Waals surface area contributed by atoms with Crippen LogP contribution in [0, 0.1) is 11.8 Å². The summed E-state index contributed by atoms with van der Waals surface area (Å²) in [5, 5.41) is 0. The molecule has 0 bridgehead atoms. The summed E-state index contributed by atoms with van der Waals surface area (Å²) < 4.78 is 5.82. The topological polar surface area (TPSA) is 26.3 Å². The third-order valence-corrected chi connectivity index (χ3v) is 1.62. The molecule has 0 aromatic carbocycles. The number of carbonyl (C=O) groups is 1. The third kappa shape index (κ3) is 9.68. The zero-order chi connectivity index (χ0) is 10.1. The summed E-state index contributed by atoms with van der Waals surface area (Å²) in [6.07, 6.45) is 2.06. The highest BCUT2D eigenvalue weighted by Gasteiger charge is 2.03. The molecule has 74 valence electrons. The normalized spacial score (nSPS) is 9.23. The molecule has 0 saturated carbocycles. The van der Waals surface area contributed by atoms with Gasteiger partial charge in [0.25, 0.3) is 0 Å². The molecular weight excluding hydrogens is 279 g/mol. The van der Waals surface area contributed by atoms with E-state index < -0.39 is 0 Å². The minimum Gasteiger partial charge on any atom is -0.463 e. The highest BCUT2D eigenvalue weighted by Crippen LogP contribution is 1.99. The van der Waals surface area contributed by atoms with E-state index in [2.05, 4.69) is 34.4 Å². The Morgan fingerprint density at radius 3 is 2.69 bits per heavy atom. The van der Waals surface area contributed by atoms with Crippen LogP contribution in [0.1, 0.15) is 33.1 Å². The van der Waals surface area contributed by atoms with E-state index in [4.69, 9.17) is 4.74 Å². The molecule has 3 heteroatoms. The number of carbonyl (C=O) groups excluding carboxylic acids is 1. The average molecular weight is 294 g/mol. The summed E-state index contributed by atoms with van der Waals surface area (Å²) in [5.41, 5.74) is 0. The van der Waals surface area contributed by atoms with Crippen LogP contribution in [0.4, 0.5) is 0 Å². The SMILES string of the molecule is CC(C)OC(=O)CCCC#CCI. The fourth-order valence-electron chi connectivity index (χ4n) is 0.779. The largest absolute Gasteiger partial charge is 0.463 e. The van der Waals surface area contributed by atoms with Gasteiger partial charge in [0.05, 0.1) is 10.5 Å². The number of alkyl halides is 1. The maximum Gasteiger partial charge on any atom is 0.306 e. The van der Waals surface area contributed by atoms with Crippen molar-refractivity contribution in [2.24, 2.45) is 0 Å². The van der Waals surface area contributed by atoms with E-state index in [1.54, 1.807) is 0 Å². The van der Waals surface area contributed by atoms with Crippen LogP contribution in [0.3, 0.4) is 0 Å². The maximum absolute atomic E-state index is 11.0. The summed E-state index contributed by atoms with van der Waals surface area (Å²) in [6, 6.07) is 0. The third-order valence-electron chi connectivity index (χ3n) is 1.24. The molecule has 0 atom stereocenters. The Bertz CT molecular complexity index is 201. The minimum atomic E-state index is -0.119. The lowest BCUT2D eigenvalue weighted by atomic mass is 10.2. The lowest BCUT2D eigenvalue weighted by Gasteiger charge is -2.06. The van der Waals surface area contributed by atoms with Crippen molar-refractivity contribution in [2.45, 2.75) is 39.2 Å². The Morgan fingerprint density at radius 2 is 2.15 bits per heavy atom. The molecule has 0 saturated heterocycles. The van der Waals surface area contributed by atoms with Crippen LogP contribution in [0.5, 0.6) is 0 Å². The van der Waals surface area contributed by atoms with Crippen molar-refractivity contribution < 1.29 is 9.53 Å². The van der Waals surface area contributed by atoms with Crippen molar-refractivity contribution in [3.05, 3.63) is 0 Å². The Hall–Kier alpha value is -0.240. The Balaban J connectivity index is 3.37. The Kier molecular flexibility index (Phi) is 8.21. The van der Waals surface area contributed by atoms with Gasteiger partial charge in [0, 0.05) is 12.8 Å². The number of halogens is 1. The molecule has 0 aliphatic carbocycles. The number of rotatable bonds is 4. The van der Waals surface area contributed by atoms with Crippen LogP contribution >= 0.6 is 22.6 Å². The predicted molar refractivity (Wildman–Crippen MR) is 61.7 cm³/mol. The molecule has 0 aliphatic heterocycles. The summed E-state index contributed by atoms with van der Waals surface area (Å²) in [7, 11) is 0. The van der Waals surface area contributed by atoms with Gasteiger partial charge in [-0.05, 0) is 20.3 Å². The van der Waals surface area contributed by atoms with E-state index in [-0.39, 0.29) is 12.1 Å². The molecule has 0 aromatic rings. The number of esters is 1. The molecule has 0 rings (SSSR count). The highest BCUT2D eigenvalue weighted by atomic mass is 127. The van der Waals surface area contributed by atoms with Crippen LogP contribution in [-0.4, -0.2) is 16.5 Å². The van der Waals surface area contributed by atoms with Gasteiger partial charge in [-0.3, -0.25) is 4.79 Å². The lowest BCUT2D eigenvalue weighted by molar-refractivity contribution is -0.147. The van der Waals surface area contributed by atoms with Crippen molar-refractivity contribution in [1.82, 2.24) is 0 Å². The van der Waals surface area contributed by atoms with E-state index in [0.29, 0.717) is 6.42 Å². The number of hydrogen-bond acceptors (Lipinski definition) is 2. The molecule has 0 N–H and O–H groups in total. The Labute approximate surface area is 93.6 Å². The van der Waals surface area contributed by atoms with Crippen molar-refractivity contribution in [2.75, 3.05) is 4.43 Å². The van der Waals surface area contributed by atoms with Gasteiger partial charge >= 0.3 is 5.97 Å². The van der Waals surface area contributed by atoms with Crippen molar-refractivity contribution >= 4 is 28.6 Å². The molecule has 0 unspecified atom stereocenters. The van der Waals surface area contributed by atoms with E-state index in [9.17, 15) is 4.79 Å². The molecule has 0 amide bonds. The monoisotopic (exact) mass is 294 g/mol. The fourth-order valence-corrected chi connectivity index (χ4v) is 1.05. The van der Waals surface area contributed by atoms with Gasteiger partial charge in [-0.25, -0.2) is 0 Å². The van der Waals surface area contributed by atoms with Gasteiger partial charge in [-0.1, -0.05) is 28.5 Å². The number of ether oxygens (including phenoxy) is 1. The first-order valence-electron chi connectivity index (χ1n) is 4.38. The molecule has 0 fully saturated rings. The van der Waals surface area contributed by atoms with Crippen molar-refractivity contribution in [3.8, 4) is 11.8 Å². The summed E-state index contributed by atoms with van der Waals surface area (Å²) in [4.78, 5) is 11.0. The summed E-state index contributed by atoms with van der Waals surface area (Å²) >= 11 is 2.20. The highest BCUT2D eigenvalue weighted by molar-refractivity contribution is 14.1. The average Bonchev–Trinajstić information content (AvgIpc) is 2.02. The van der Waals surface area contributed by atoms with Gasteiger partial charge in [-0.15, -0.1) is 5.92 Å². The van der Waals surface area contributed by atoms with Crippen LogP contribution < -0.4 is 0 Å². The predicted octanol–water partition coefficient (Wildman–Crippen LogP) is 2.55. The number of hydrogen-bond donors (Lipinski definition) is 0. The fraction of sp³-hybridized carbons (Fsp3) is 0.700. The van der Waals surface area contributed by atoms with E-state index in [1.807, 2.05) is 13.8 Å². The second kappa shape index (κ2) is 8.36. The van der Waals surface area contributed by atoms with Crippen molar-refractivity contribution in [1.29, 1.82) is 0 Å². The maximum atomic E-state index is 11.0. The van der Waals surface area contributed by atoms with Crippen LogP contribution in [0.2, 0.25) is 0 Å². The zero-order valence-electron chi connectivity index (χ0n) is 8.10. The molecule has 2 nitrogen and oxygen atoms in total. The van der Waals surface area contributed by atoms with Crippen molar-refractivity contribution in [3.63, 3.8) is 0 Å².